The number of hydrogen-bond donors (Lipinski definition) is 7. The van der Waals surface area contributed by atoms with Gasteiger partial charge in [0.1, 0.15) is 43.2 Å². The highest BCUT2D eigenvalue weighted by molar-refractivity contribution is 7.47. The monoisotopic (exact) mass is 951 g/mol. The van der Waals surface area contributed by atoms with Crippen LogP contribution >= 0.6 is 7.82 Å². The average Bonchev–Trinajstić information content (AvgIpc) is 3.29. The van der Waals surface area contributed by atoms with Crippen LogP contribution in [0.25, 0.3) is 0 Å². The van der Waals surface area contributed by atoms with Crippen LogP contribution in [0.5, 0.6) is 0 Å². The van der Waals surface area contributed by atoms with Crippen molar-refractivity contribution in [2.24, 2.45) is 0 Å². The molecule has 1 saturated carbocycles. The molecule has 7 N–H and O–H groups in total. The van der Waals surface area contributed by atoms with Crippen LogP contribution in [0, 0.1) is 0 Å². The first kappa shape index (κ1) is 60.7. The number of aliphatic hydroxyl groups excluding tert-OH is 6. The largest absolute Gasteiger partial charge is 0.472 e. The third kappa shape index (κ3) is 31.7. The number of phosphoric acid groups is 1. The van der Waals surface area contributed by atoms with Crippen molar-refractivity contribution in [3.63, 3.8) is 0 Å². The molecule has 1 rings (SSSR count). The van der Waals surface area contributed by atoms with Crippen molar-refractivity contribution < 1.29 is 68.2 Å². The lowest BCUT2D eigenvalue weighted by Gasteiger charge is -2.41. The summed E-state index contributed by atoms with van der Waals surface area (Å²) >= 11 is 0. The summed E-state index contributed by atoms with van der Waals surface area (Å²) in [6, 6.07) is 0. The van der Waals surface area contributed by atoms with Gasteiger partial charge < -0.3 is 45.0 Å². The fraction of sp³-hybridized carbons (Fsp3) is 0.647. The van der Waals surface area contributed by atoms with Crippen molar-refractivity contribution in [2.75, 3.05) is 13.2 Å². The first-order valence-electron chi connectivity index (χ1n) is 24.1. The molecular formula is C51H83O14P. The molecule has 0 aromatic rings. The Balaban J connectivity index is 2.56. The summed E-state index contributed by atoms with van der Waals surface area (Å²) in [7, 11) is -5.17. The summed E-state index contributed by atoms with van der Waals surface area (Å²) in [5.41, 5.74) is 0. The van der Waals surface area contributed by atoms with Gasteiger partial charge in [-0.3, -0.25) is 18.6 Å². The number of ether oxygens (including phenoxy) is 2. The maximum Gasteiger partial charge on any atom is 0.472 e. The lowest BCUT2D eigenvalue weighted by molar-refractivity contribution is -0.220. The average molecular weight is 951 g/mol. The van der Waals surface area contributed by atoms with Gasteiger partial charge in [0.2, 0.25) is 0 Å². The van der Waals surface area contributed by atoms with Gasteiger partial charge >= 0.3 is 19.8 Å². The normalized spacial score (nSPS) is 22.6. The van der Waals surface area contributed by atoms with Gasteiger partial charge in [0.15, 0.2) is 6.10 Å². The van der Waals surface area contributed by atoms with Gasteiger partial charge in [-0.1, -0.05) is 143 Å². The maximum absolute atomic E-state index is 12.8. The number of esters is 2. The van der Waals surface area contributed by atoms with E-state index in [9.17, 15) is 49.7 Å². The third-order valence-corrected chi connectivity index (χ3v) is 11.5. The molecule has 0 radical (unpaired) electrons. The number of allylic oxidation sites excluding steroid dienone is 14. The lowest BCUT2D eigenvalue weighted by atomic mass is 9.85. The first-order chi connectivity index (χ1) is 31.8. The zero-order chi connectivity index (χ0) is 48.7. The van der Waals surface area contributed by atoms with Crippen LogP contribution in [0.1, 0.15) is 149 Å². The maximum atomic E-state index is 12.8. The Kier molecular flexibility index (Phi) is 36.5. The van der Waals surface area contributed by atoms with Crippen LogP contribution in [0.2, 0.25) is 0 Å². The molecule has 4 unspecified atom stereocenters. The fourth-order valence-corrected chi connectivity index (χ4v) is 7.49. The highest BCUT2D eigenvalue weighted by Crippen LogP contribution is 2.47. The summed E-state index contributed by atoms with van der Waals surface area (Å²) in [5.74, 6) is -1.28. The molecule has 1 fully saturated rings. The predicted molar refractivity (Wildman–Crippen MR) is 259 cm³/mol. The molecule has 66 heavy (non-hydrogen) atoms. The molecule has 0 amide bonds. The Morgan fingerprint density at radius 3 is 1.56 bits per heavy atom. The Bertz CT molecular complexity index is 1540. The molecular weight excluding hydrogens is 868 g/mol. The third-order valence-electron chi connectivity index (χ3n) is 10.5. The van der Waals surface area contributed by atoms with Gasteiger partial charge in [0.05, 0.1) is 12.7 Å². The zero-order valence-electron chi connectivity index (χ0n) is 39.6. The molecule has 0 aromatic heterocycles. The number of aliphatic hydroxyl groups is 6. The van der Waals surface area contributed by atoms with Crippen molar-refractivity contribution in [3.8, 4) is 0 Å². The Labute approximate surface area is 394 Å². The van der Waals surface area contributed by atoms with Crippen molar-refractivity contribution in [1.29, 1.82) is 0 Å². The second-order valence-corrected chi connectivity index (χ2v) is 17.9. The van der Waals surface area contributed by atoms with E-state index in [1.54, 1.807) is 18.2 Å². The van der Waals surface area contributed by atoms with Crippen LogP contribution in [0.15, 0.2) is 97.2 Å². The topological polar surface area (TPSA) is 230 Å². The molecule has 0 spiro atoms. The number of carbonyl (C=O) groups is 2. The summed E-state index contributed by atoms with van der Waals surface area (Å²) in [5, 5.41) is 60.4. The van der Waals surface area contributed by atoms with E-state index in [1.807, 2.05) is 18.2 Å². The fourth-order valence-electron chi connectivity index (χ4n) is 6.52. The SMILES string of the molecule is CCCCC/C=C\C/C=C\C/C=C\C/C=C\CCCCCC(=O)OC[C@H](COP(=O)(O)OC1[C@H](O)[C@H](O)C(O)[C@H](O)[C@H]1O)OC(=O)CCC/C=C/C=C\C(O)C/C=C\C/C=C\CCCCC. The van der Waals surface area contributed by atoms with E-state index in [1.165, 1.54) is 38.5 Å². The van der Waals surface area contributed by atoms with Crippen LogP contribution in [-0.2, 0) is 32.7 Å². The number of phosphoric ester groups is 1. The second kappa shape index (κ2) is 39.7. The number of hydrogen-bond acceptors (Lipinski definition) is 13. The molecule has 1 aliphatic rings. The Hall–Kier alpha value is -3.27. The predicted octanol–water partition coefficient (Wildman–Crippen LogP) is 8.80. The van der Waals surface area contributed by atoms with Gasteiger partial charge in [0.25, 0.3) is 0 Å². The van der Waals surface area contributed by atoms with E-state index in [4.69, 9.17) is 18.5 Å². The van der Waals surface area contributed by atoms with Crippen LogP contribution in [0.4, 0.5) is 0 Å². The summed E-state index contributed by atoms with van der Waals surface area (Å²) < 4.78 is 33.4. The number of rotatable bonds is 38. The minimum Gasteiger partial charge on any atom is -0.462 e. The highest BCUT2D eigenvalue weighted by atomic mass is 31.2. The summed E-state index contributed by atoms with van der Waals surface area (Å²) in [4.78, 5) is 35.7. The van der Waals surface area contributed by atoms with E-state index in [-0.39, 0.29) is 12.8 Å². The smallest absolute Gasteiger partial charge is 0.462 e. The summed E-state index contributed by atoms with van der Waals surface area (Å²) in [6.07, 6.45) is 36.2. The minimum atomic E-state index is -5.17. The molecule has 0 aromatic carbocycles. The quantitative estimate of drug-likeness (QED) is 0.0101. The van der Waals surface area contributed by atoms with E-state index >= 15 is 0 Å². The Morgan fingerprint density at radius 1 is 0.545 bits per heavy atom. The van der Waals surface area contributed by atoms with E-state index in [0.717, 1.165) is 57.8 Å². The van der Waals surface area contributed by atoms with Crippen molar-refractivity contribution >= 4 is 19.8 Å². The van der Waals surface area contributed by atoms with Crippen molar-refractivity contribution in [3.05, 3.63) is 97.2 Å². The molecule has 0 aliphatic heterocycles. The van der Waals surface area contributed by atoms with Gasteiger partial charge in [0, 0.05) is 12.8 Å². The van der Waals surface area contributed by atoms with Gasteiger partial charge in [-0.15, -0.1) is 0 Å². The molecule has 0 heterocycles. The van der Waals surface area contributed by atoms with Crippen molar-refractivity contribution in [1.82, 2.24) is 0 Å². The van der Waals surface area contributed by atoms with E-state index < -0.39 is 81.8 Å². The summed E-state index contributed by atoms with van der Waals surface area (Å²) in [6.45, 7) is 3.08. The first-order valence-corrected chi connectivity index (χ1v) is 25.6. The lowest BCUT2D eigenvalue weighted by Crippen LogP contribution is -2.64. The second-order valence-electron chi connectivity index (χ2n) is 16.5. The highest BCUT2D eigenvalue weighted by Gasteiger charge is 2.51. The van der Waals surface area contributed by atoms with Gasteiger partial charge in [-0.2, -0.15) is 0 Å². The molecule has 376 valence electrons. The van der Waals surface area contributed by atoms with E-state index in [0.29, 0.717) is 25.7 Å². The molecule has 0 saturated heterocycles. The molecule has 9 atom stereocenters. The molecule has 0 bridgehead atoms. The van der Waals surface area contributed by atoms with Crippen LogP contribution < -0.4 is 0 Å². The molecule has 15 heteroatoms. The Morgan fingerprint density at radius 2 is 1.02 bits per heavy atom. The zero-order valence-corrected chi connectivity index (χ0v) is 40.4. The van der Waals surface area contributed by atoms with Gasteiger partial charge in [-0.25, -0.2) is 4.57 Å². The van der Waals surface area contributed by atoms with E-state index in [2.05, 4.69) is 74.6 Å². The number of unbranched alkanes of at least 4 members (excludes halogenated alkanes) is 10. The molecule has 14 nitrogen and oxygen atoms in total. The van der Waals surface area contributed by atoms with Crippen molar-refractivity contribution in [2.45, 2.75) is 198 Å². The van der Waals surface area contributed by atoms with Crippen LogP contribution in [-0.4, -0.2) is 110 Å². The number of carbonyl (C=O) groups excluding carboxylic acids is 2. The molecule has 1 aliphatic carbocycles. The van der Waals surface area contributed by atoms with Gasteiger partial charge in [-0.05, 0) is 89.9 Å². The van der Waals surface area contributed by atoms with Crippen LogP contribution in [0.3, 0.4) is 0 Å². The minimum absolute atomic E-state index is 0.0513. The standard InChI is InChI=1S/C51H83O14P/c1-3-5-7-9-11-13-14-15-16-17-18-19-20-21-22-24-26-30-34-38-44(53)62-40-43(41-63-66(60,61)65-51-49(58)47(56)46(55)48(57)50(51)59)64-45(54)39-35-31-27-29-33-37-42(52)36-32-28-25-23-12-10-8-6-4-2/h11-13,15-16,18-19,21-23,27-29,32-33,37,42-43,46-52,55-59H,3-10,14,17,20,24-26,30-31,34-36,38-41H2,1-2H3,(H,60,61)/b13-11-,16-15-,19-18-,22-21-,23-12-,29-27+,32-28-,37-33-/t42?,43-,46?,47-,48+,49-,50-,51?/m1/s1.